The van der Waals surface area contributed by atoms with Crippen molar-refractivity contribution in [3.63, 3.8) is 0 Å². The smallest absolute Gasteiger partial charge is 0.408 e. The predicted molar refractivity (Wildman–Crippen MR) is 197 cm³/mol. The van der Waals surface area contributed by atoms with Crippen LogP contribution in [0.2, 0.25) is 0 Å². The lowest BCUT2D eigenvalue weighted by molar-refractivity contribution is -0.143. The van der Waals surface area contributed by atoms with Crippen molar-refractivity contribution >= 4 is 44.9 Å². The van der Waals surface area contributed by atoms with Gasteiger partial charge in [-0.05, 0) is 75.3 Å². The second-order valence-electron chi connectivity index (χ2n) is 16.6. The molecule has 54 heavy (non-hydrogen) atoms. The molecule has 2 aromatic rings. The lowest BCUT2D eigenvalue weighted by Crippen LogP contribution is -2.60. The number of amides is 4. The Morgan fingerprint density at radius 1 is 1.09 bits per heavy atom. The van der Waals surface area contributed by atoms with Gasteiger partial charge >= 0.3 is 6.09 Å². The molecule has 4 fully saturated rings. The Bertz CT molecular complexity index is 1970. The minimum absolute atomic E-state index is 0.0239. The van der Waals surface area contributed by atoms with Gasteiger partial charge in [-0.25, -0.2) is 23.2 Å². The first-order valence-electron chi connectivity index (χ1n) is 18.9. The second-order valence-corrected chi connectivity index (χ2v) is 18.5. The topological polar surface area (TPSA) is 195 Å². The summed E-state index contributed by atoms with van der Waals surface area (Å²) in [6.07, 6.45) is 6.41. The van der Waals surface area contributed by atoms with E-state index >= 15 is 0 Å². The summed E-state index contributed by atoms with van der Waals surface area (Å²) < 4.78 is 45.6. The fourth-order valence-electron chi connectivity index (χ4n) is 7.61. The summed E-state index contributed by atoms with van der Waals surface area (Å²) in [5.74, 6) is -1.66. The molecule has 16 heteroatoms. The molecule has 2 bridgehead atoms. The Morgan fingerprint density at radius 3 is 2.50 bits per heavy atom. The lowest BCUT2D eigenvalue weighted by atomic mass is 9.85. The maximum Gasteiger partial charge on any atom is 0.408 e. The maximum atomic E-state index is 14.6. The van der Waals surface area contributed by atoms with E-state index in [0.29, 0.717) is 48.2 Å². The molecule has 2 aliphatic heterocycles. The number of hydrogen-bond acceptors (Lipinski definition) is 11. The minimum atomic E-state index is -3.90. The zero-order valence-corrected chi connectivity index (χ0v) is 32.1. The summed E-state index contributed by atoms with van der Waals surface area (Å²) in [5.41, 5.74) is -1.06. The second kappa shape index (κ2) is 14.0. The molecule has 0 unspecified atom stereocenters. The van der Waals surface area contributed by atoms with E-state index in [0.717, 1.165) is 32.1 Å². The molecule has 3 aliphatic carbocycles. The quantitative estimate of drug-likeness (QED) is 0.350. The molecule has 1 spiro atoms. The van der Waals surface area contributed by atoms with E-state index in [-0.39, 0.29) is 25.3 Å². The molecule has 0 radical (unpaired) electrons. The van der Waals surface area contributed by atoms with Gasteiger partial charge in [0.1, 0.15) is 40.8 Å². The molecule has 5 atom stereocenters. The number of alkyl carbamates (subject to hydrolysis) is 1. The first-order valence-corrected chi connectivity index (χ1v) is 20.4. The number of hydrogen-bond donors (Lipinski definition) is 3. The van der Waals surface area contributed by atoms with Crippen molar-refractivity contribution in [2.75, 3.05) is 13.7 Å². The van der Waals surface area contributed by atoms with Crippen LogP contribution in [-0.4, -0.2) is 95.3 Å². The maximum absolute atomic E-state index is 14.6. The van der Waals surface area contributed by atoms with Crippen molar-refractivity contribution in [1.82, 2.24) is 30.2 Å². The number of methoxy groups -OCH3 is 1. The Labute approximate surface area is 315 Å². The van der Waals surface area contributed by atoms with E-state index in [2.05, 4.69) is 21.9 Å². The van der Waals surface area contributed by atoms with Crippen LogP contribution in [0.15, 0.2) is 30.9 Å². The fraction of sp³-hybridized carbons (Fsp3) is 0.632. The average molecular weight is 767 g/mol. The predicted octanol–water partition coefficient (Wildman–Crippen LogP) is 3.45. The summed E-state index contributed by atoms with van der Waals surface area (Å²) in [5, 5.41) is 4.99. The van der Waals surface area contributed by atoms with E-state index in [1.807, 2.05) is 32.9 Å². The van der Waals surface area contributed by atoms with E-state index in [1.54, 1.807) is 13.2 Å². The van der Waals surface area contributed by atoms with Crippen molar-refractivity contribution < 1.29 is 41.8 Å². The van der Waals surface area contributed by atoms with Gasteiger partial charge in [0.15, 0.2) is 0 Å². The third-order valence-electron chi connectivity index (χ3n) is 11.3. The average Bonchev–Trinajstić information content (AvgIpc) is 4.04. The number of benzene rings is 1. The van der Waals surface area contributed by atoms with Crippen molar-refractivity contribution in [3.8, 4) is 11.6 Å². The molecule has 292 valence electrons. The highest BCUT2D eigenvalue weighted by atomic mass is 32.2. The number of aromatic nitrogens is 2. The summed E-state index contributed by atoms with van der Waals surface area (Å²) in [4.78, 5) is 67.1. The molecule has 15 nitrogen and oxygen atoms in total. The molecule has 3 heterocycles. The van der Waals surface area contributed by atoms with E-state index < -0.39 is 79.7 Å². The minimum Gasteiger partial charge on any atom is -0.497 e. The third-order valence-corrected chi connectivity index (χ3v) is 13.1. The Morgan fingerprint density at radius 2 is 1.85 bits per heavy atom. The number of nitrogens with one attached hydrogen (secondary N) is 3. The molecular weight excluding hydrogens is 717 g/mol. The molecule has 1 aromatic carbocycles. The first kappa shape index (κ1) is 37.8. The summed E-state index contributed by atoms with van der Waals surface area (Å²) in [6.45, 7) is 9.19. The van der Waals surface area contributed by atoms with Crippen LogP contribution in [0.4, 0.5) is 4.79 Å². The van der Waals surface area contributed by atoms with Crippen LogP contribution in [0.3, 0.4) is 0 Å². The highest BCUT2D eigenvalue weighted by Gasteiger charge is 2.62. The number of fused-ring (bicyclic) bond motifs is 4. The molecule has 5 aliphatic rings. The van der Waals surface area contributed by atoms with Gasteiger partial charge in [0.2, 0.25) is 27.7 Å². The van der Waals surface area contributed by atoms with Gasteiger partial charge in [0.25, 0.3) is 5.91 Å². The summed E-state index contributed by atoms with van der Waals surface area (Å²) >= 11 is 0. The zero-order chi connectivity index (χ0) is 38.6. The van der Waals surface area contributed by atoms with Crippen LogP contribution in [-0.2, 0) is 35.6 Å². The van der Waals surface area contributed by atoms with Gasteiger partial charge in [0, 0.05) is 18.4 Å². The highest BCUT2D eigenvalue weighted by molar-refractivity contribution is 7.91. The number of nitrogens with zero attached hydrogens (tertiary/aromatic N) is 3. The number of aryl methyl sites for hydroxylation is 1. The standard InChI is InChI=1S/C38H50N6O9S/c1-6-22-20-38(22,34(47)43-54(49,50)25-12-13-25)42-31(45)29-19-24-21-44(29)33(46)30(36(2,3)4)41-35(48)53-37(16-17-37)15-9-7-8-10-27-32(52-24)40-28-18-23(51-5)11-14-26(28)39-27/h6,11,14,18,22,24-25,29-30H,1,7-10,12-13,15-17,19-21H2,2-5H3,(H,41,48)(H,42,45)(H,43,47)/t22-,24-,29+,30-,38-/m1/s1. The molecule has 3 saturated carbocycles. The van der Waals surface area contributed by atoms with Crippen molar-refractivity contribution in [3.05, 3.63) is 36.5 Å². The van der Waals surface area contributed by atoms with Crippen molar-refractivity contribution in [2.45, 2.75) is 126 Å². The number of ether oxygens (including phenoxy) is 3. The summed E-state index contributed by atoms with van der Waals surface area (Å²) in [6, 6.07) is 3.18. The van der Waals surface area contributed by atoms with Gasteiger partial charge in [-0.2, -0.15) is 0 Å². The van der Waals surface area contributed by atoms with Crippen molar-refractivity contribution in [2.24, 2.45) is 11.3 Å². The summed E-state index contributed by atoms with van der Waals surface area (Å²) in [7, 11) is -2.34. The third kappa shape index (κ3) is 7.71. The Hall–Kier alpha value is -4.47. The number of rotatable bonds is 7. The SMILES string of the molecule is C=C[C@@H]1C[C@]1(NC(=O)[C@@H]1C[C@@H]2CN1C(=O)[C@H](C(C)(C)C)NC(=O)OC1(CCCCCc3nc4ccc(OC)cc4nc3O2)CC1)C(=O)NS(=O)(=O)C1CC1. The molecule has 1 aromatic heterocycles. The molecule has 1 saturated heterocycles. The van der Waals surface area contributed by atoms with Crippen LogP contribution < -0.4 is 24.8 Å². The monoisotopic (exact) mass is 766 g/mol. The molecular formula is C38H50N6O9S. The van der Waals surface area contributed by atoms with Gasteiger partial charge in [-0.15, -0.1) is 6.58 Å². The van der Waals surface area contributed by atoms with Gasteiger partial charge in [-0.3, -0.25) is 19.1 Å². The first-order chi connectivity index (χ1) is 25.6. The molecule has 3 N–H and O–H groups in total. The van der Waals surface area contributed by atoms with Crippen LogP contribution in [0.25, 0.3) is 11.0 Å². The van der Waals surface area contributed by atoms with Crippen LogP contribution in [0.1, 0.15) is 90.7 Å². The molecule has 7 rings (SSSR count). The van der Waals surface area contributed by atoms with Crippen LogP contribution >= 0.6 is 0 Å². The van der Waals surface area contributed by atoms with Crippen LogP contribution in [0, 0.1) is 11.3 Å². The number of carbonyl (C=O) groups excluding carboxylic acids is 4. The van der Waals surface area contributed by atoms with E-state index in [4.69, 9.17) is 24.2 Å². The largest absolute Gasteiger partial charge is 0.497 e. The zero-order valence-electron chi connectivity index (χ0n) is 31.3. The van der Waals surface area contributed by atoms with Gasteiger partial charge < -0.3 is 29.7 Å². The van der Waals surface area contributed by atoms with E-state index in [1.165, 1.54) is 11.0 Å². The Kier molecular flexibility index (Phi) is 9.80. The van der Waals surface area contributed by atoms with Gasteiger partial charge in [-0.1, -0.05) is 33.3 Å². The fourth-order valence-corrected chi connectivity index (χ4v) is 8.97. The molecule has 4 amide bonds. The lowest BCUT2D eigenvalue weighted by Gasteiger charge is -2.35. The normalized spacial score (nSPS) is 28.5. The van der Waals surface area contributed by atoms with E-state index in [9.17, 15) is 27.6 Å². The van der Waals surface area contributed by atoms with Crippen molar-refractivity contribution in [1.29, 1.82) is 0 Å². The van der Waals surface area contributed by atoms with Gasteiger partial charge in [0.05, 0.1) is 29.9 Å². The van der Waals surface area contributed by atoms with Crippen LogP contribution in [0.5, 0.6) is 11.6 Å². The number of carbonyl (C=O) groups is 4. The Balaban J connectivity index is 1.23. The highest BCUT2D eigenvalue weighted by Crippen LogP contribution is 2.46. The number of sulfonamides is 1.